The number of rotatable bonds is 6. The molecule has 0 bridgehead atoms. The van der Waals surface area contributed by atoms with E-state index >= 15 is 0 Å². The predicted octanol–water partition coefficient (Wildman–Crippen LogP) is 1.14. The molecule has 2 aromatic rings. The van der Waals surface area contributed by atoms with E-state index < -0.39 is 16.5 Å². The van der Waals surface area contributed by atoms with E-state index in [1.807, 2.05) is 0 Å². The molecule has 0 fully saturated rings. The fourth-order valence-electron chi connectivity index (χ4n) is 2.79. The largest absolute Gasteiger partial charge is 1.00 e. The maximum Gasteiger partial charge on any atom is 1.00 e. The summed E-state index contributed by atoms with van der Waals surface area (Å²) in [6, 6.07) is 22.6. The van der Waals surface area contributed by atoms with Gasteiger partial charge in [-0.3, -0.25) is 0 Å². The predicted molar refractivity (Wildman–Crippen MR) is 99.6 cm³/mol. The van der Waals surface area contributed by atoms with Gasteiger partial charge in [0.1, 0.15) is 0 Å². The quantitative estimate of drug-likeness (QED) is 0.560. The second kappa shape index (κ2) is 8.14. The Morgan fingerprint density at radius 3 is 1.59 bits per heavy atom. The van der Waals surface area contributed by atoms with Crippen LogP contribution in [0, 0.1) is 0 Å². The summed E-state index contributed by atoms with van der Waals surface area (Å²) in [6.07, 6.45) is 2.05. The molecule has 0 saturated heterocycles. The summed E-state index contributed by atoms with van der Waals surface area (Å²) in [5.41, 5.74) is 0. The molecule has 0 unspecified atom stereocenters. The molecule has 0 heterocycles. The van der Waals surface area contributed by atoms with E-state index in [4.69, 9.17) is 4.65 Å². The molecule has 0 aliphatic heterocycles. The summed E-state index contributed by atoms with van der Waals surface area (Å²) in [5, 5.41) is 2.78. The Balaban J connectivity index is 0.00000242. The van der Waals surface area contributed by atoms with E-state index in [1.165, 1.54) is 10.4 Å². The minimum absolute atomic E-state index is 0. The molecule has 0 radical (unpaired) electrons. The summed E-state index contributed by atoms with van der Waals surface area (Å²) in [4.78, 5) is 0. The molecule has 0 N–H and O–H groups in total. The zero-order valence-electron chi connectivity index (χ0n) is 14.2. The smallest absolute Gasteiger partial charge is 0.659 e. The van der Waals surface area contributed by atoms with Gasteiger partial charge in [0.25, 0.3) is 0 Å². The van der Waals surface area contributed by atoms with Crippen molar-refractivity contribution in [1.29, 1.82) is 0 Å². The molecule has 2 rings (SSSR count). The number of nitrogens with zero attached hydrogens (tertiary/aromatic N) is 1. The number of allylic oxidation sites excluding steroid dienone is 1. The van der Waals surface area contributed by atoms with E-state index in [0.717, 1.165) is 6.04 Å². The van der Waals surface area contributed by atoms with Crippen LogP contribution in [0.15, 0.2) is 73.3 Å². The Morgan fingerprint density at radius 1 is 0.864 bits per heavy atom. The first-order valence-corrected chi connectivity index (χ1v) is 13.0. The average molecular weight is 318 g/mol. The van der Waals surface area contributed by atoms with Crippen LogP contribution in [0.2, 0.25) is 25.7 Å². The molecular formula is C18H24LiNSi2. The summed E-state index contributed by atoms with van der Waals surface area (Å²) in [6.45, 7) is 11.0. The van der Waals surface area contributed by atoms with Crippen molar-refractivity contribution in [3.05, 3.63) is 78.0 Å². The molecular weight excluding hydrogens is 293 g/mol. The molecule has 0 amide bonds. The Kier molecular flexibility index (Phi) is 7.11. The third-order valence-corrected chi connectivity index (χ3v) is 11.1. The molecule has 22 heavy (non-hydrogen) atoms. The van der Waals surface area contributed by atoms with Gasteiger partial charge in [0.15, 0.2) is 0 Å². The normalized spacial score (nSPS) is 11.6. The Bertz CT molecular complexity index is 540. The Hall–Kier alpha value is -0.829. The van der Waals surface area contributed by atoms with Crippen molar-refractivity contribution in [1.82, 2.24) is 0 Å². The average Bonchev–Trinajstić information content (AvgIpc) is 2.47. The van der Waals surface area contributed by atoms with Gasteiger partial charge in [0.2, 0.25) is 0 Å². The van der Waals surface area contributed by atoms with Crippen LogP contribution in [-0.2, 0) is 0 Å². The number of benzene rings is 2. The monoisotopic (exact) mass is 317 g/mol. The van der Waals surface area contributed by atoms with Crippen LogP contribution in [0.3, 0.4) is 0 Å². The van der Waals surface area contributed by atoms with Gasteiger partial charge in [-0.15, -0.1) is 6.58 Å². The van der Waals surface area contributed by atoms with Crippen LogP contribution in [-0.4, -0.2) is 16.5 Å². The van der Waals surface area contributed by atoms with Crippen LogP contribution in [0.1, 0.15) is 0 Å². The van der Waals surface area contributed by atoms with Crippen molar-refractivity contribution in [3.8, 4) is 0 Å². The molecule has 2 aromatic carbocycles. The first-order valence-electron chi connectivity index (χ1n) is 7.44. The third-order valence-electron chi connectivity index (χ3n) is 3.47. The number of hydrogen-bond acceptors (Lipinski definition) is 0. The van der Waals surface area contributed by atoms with E-state index in [9.17, 15) is 0 Å². The summed E-state index contributed by atoms with van der Waals surface area (Å²) in [5.74, 6) is 0. The first-order chi connectivity index (χ1) is 9.98. The second-order valence-electron chi connectivity index (χ2n) is 6.37. The van der Waals surface area contributed by atoms with Gasteiger partial charge in [-0.2, -0.15) is 0 Å². The molecule has 0 aliphatic carbocycles. The SMILES string of the molecule is C=CC[Si]([N-][Si](C)(C)C)(c1ccccc1)c1ccccc1.[Li+]. The van der Waals surface area contributed by atoms with Crippen molar-refractivity contribution in [2.45, 2.75) is 25.7 Å². The van der Waals surface area contributed by atoms with E-state index in [-0.39, 0.29) is 18.9 Å². The van der Waals surface area contributed by atoms with Crippen LogP contribution in [0.4, 0.5) is 0 Å². The molecule has 0 atom stereocenters. The molecule has 0 aliphatic rings. The van der Waals surface area contributed by atoms with Crippen molar-refractivity contribution < 1.29 is 18.9 Å². The van der Waals surface area contributed by atoms with Crippen molar-refractivity contribution >= 4 is 26.8 Å². The van der Waals surface area contributed by atoms with Crippen LogP contribution < -0.4 is 29.2 Å². The Labute approximate surface area is 149 Å². The topological polar surface area (TPSA) is 14.1 Å². The molecule has 0 spiro atoms. The van der Waals surface area contributed by atoms with Gasteiger partial charge in [-0.05, 0) is 6.04 Å². The maximum atomic E-state index is 5.48. The molecule has 4 heteroatoms. The minimum atomic E-state index is -2.11. The van der Waals surface area contributed by atoms with Crippen LogP contribution in [0.5, 0.6) is 0 Å². The minimum Gasteiger partial charge on any atom is -0.659 e. The zero-order chi connectivity index (χ0) is 15.3. The maximum absolute atomic E-state index is 5.48. The van der Waals surface area contributed by atoms with Crippen molar-refractivity contribution in [2.24, 2.45) is 0 Å². The third kappa shape index (κ3) is 4.58. The van der Waals surface area contributed by atoms with Gasteiger partial charge in [-0.25, -0.2) is 0 Å². The summed E-state index contributed by atoms with van der Waals surface area (Å²) >= 11 is 0. The Morgan fingerprint density at radius 2 is 1.27 bits per heavy atom. The number of hydrogen-bond donors (Lipinski definition) is 0. The van der Waals surface area contributed by atoms with E-state index in [2.05, 4.69) is 93.0 Å². The fourth-order valence-corrected chi connectivity index (χ4v) is 11.5. The molecule has 1 nitrogen and oxygen atoms in total. The van der Waals surface area contributed by atoms with Gasteiger partial charge in [0.05, 0.1) is 0 Å². The van der Waals surface area contributed by atoms with Crippen LogP contribution in [0.25, 0.3) is 4.65 Å². The van der Waals surface area contributed by atoms with Crippen molar-refractivity contribution in [3.63, 3.8) is 0 Å². The molecule has 0 saturated carbocycles. The molecule has 0 aromatic heterocycles. The summed E-state index contributed by atoms with van der Waals surface area (Å²) < 4.78 is 5.48. The second-order valence-corrected chi connectivity index (χ2v) is 14.9. The first kappa shape index (κ1) is 19.2. The zero-order valence-corrected chi connectivity index (χ0v) is 16.2. The fraction of sp³-hybridized carbons (Fsp3) is 0.222. The van der Waals surface area contributed by atoms with Gasteiger partial charge in [-0.1, -0.05) is 105 Å². The summed E-state index contributed by atoms with van der Waals surface area (Å²) in [7, 11) is -3.67. The standard InChI is InChI=1S/C18H24NSi2.Li/c1-5-16-21(19-20(2,3)4,17-12-8-6-9-13-17)18-14-10-7-11-15-18;/h5-15H,1,16H2,2-4H3;/q-1;+1. The van der Waals surface area contributed by atoms with Gasteiger partial charge >= 0.3 is 18.9 Å². The van der Waals surface area contributed by atoms with E-state index in [1.54, 1.807) is 0 Å². The van der Waals surface area contributed by atoms with Crippen molar-refractivity contribution in [2.75, 3.05) is 0 Å². The van der Waals surface area contributed by atoms with Gasteiger partial charge < -0.3 is 4.65 Å². The van der Waals surface area contributed by atoms with E-state index in [0.29, 0.717) is 0 Å². The van der Waals surface area contributed by atoms with Gasteiger partial charge in [0, 0.05) is 8.24 Å². The van der Waals surface area contributed by atoms with Crippen LogP contribution >= 0.6 is 0 Å². The molecule has 110 valence electrons.